The standard InChI is InChI=1S/C23H26N2O4/c1-25(19-10-9-17-7-5-6-8-18(17)13-19)15-22(26)24-14-16-11-20(27-2)23(29-4)21(12-16)28-3/h5-13H,14-15H2,1-4H3,(H,24,26). The van der Waals surface area contributed by atoms with Crippen molar-refractivity contribution in [2.75, 3.05) is 39.8 Å². The van der Waals surface area contributed by atoms with Gasteiger partial charge in [0.05, 0.1) is 27.9 Å². The monoisotopic (exact) mass is 394 g/mol. The average Bonchev–Trinajstić information content (AvgIpc) is 2.76. The lowest BCUT2D eigenvalue weighted by Gasteiger charge is -2.20. The third kappa shape index (κ3) is 4.71. The van der Waals surface area contributed by atoms with E-state index in [4.69, 9.17) is 14.2 Å². The molecule has 0 unspecified atom stereocenters. The van der Waals surface area contributed by atoms with Gasteiger partial charge in [0.2, 0.25) is 11.7 Å². The van der Waals surface area contributed by atoms with Gasteiger partial charge in [-0.2, -0.15) is 0 Å². The van der Waals surface area contributed by atoms with E-state index in [-0.39, 0.29) is 12.5 Å². The number of ether oxygens (including phenoxy) is 3. The van der Waals surface area contributed by atoms with Gasteiger partial charge in [-0.15, -0.1) is 0 Å². The van der Waals surface area contributed by atoms with Crippen molar-refractivity contribution in [3.8, 4) is 17.2 Å². The molecule has 6 heteroatoms. The minimum atomic E-state index is -0.0746. The molecule has 1 N–H and O–H groups in total. The van der Waals surface area contributed by atoms with E-state index < -0.39 is 0 Å². The number of benzene rings is 3. The van der Waals surface area contributed by atoms with Crippen LogP contribution in [0.5, 0.6) is 17.2 Å². The number of nitrogens with zero attached hydrogens (tertiary/aromatic N) is 1. The molecular weight excluding hydrogens is 368 g/mol. The van der Waals surface area contributed by atoms with Gasteiger partial charge in [0.15, 0.2) is 11.5 Å². The van der Waals surface area contributed by atoms with Crippen molar-refractivity contribution in [2.24, 2.45) is 0 Å². The first-order valence-electron chi connectivity index (χ1n) is 9.31. The summed E-state index contributed by atoms with van der Waals surface area (Å²) in [5.41, 5.74) is 1.85. The summed E-state index contributed by atoms with van der Waals surface area (Å²) in [6, 6.07) is 18.0. The van der Waals surface area contributed by atoms with Gasteiger partial charge in [0.25, 0.3) is 0 Å². The Bertz CT molecular complexity index is 978. The molecule has 3 aromatic rings. The van der Waals surface area contributed by atoms with Gasteiger partial charge in [-0.3, -0.25) is 4.79 Å². The Balaban J connectivity index is 1.64. The number of carbonyl (C=O) groups is 1. The first kappa shape index (κ1) is 20.3. The Morgan fingerprint density at radius 3 is 2.17 bits per heavy atom. The molecule has 0 spiro atoms. The molecule has 0 saturated heterocycles. The van der Waals surface area contributed by atoms with Gasteiger partial charge < -0.3 is 24.4 Å². The Hall–Kier alpha value is -3.41. The third-order valence-corrected chi connectivity index (χ3v) is 4.77. The van der Waals surface area contributed by atoms with Gasteiger partial charge in [0, 0.05) is 19.3 Å². The molecule has 0 aliphatic heterocycles. The van der Waals surface area contributed by atoms with E-state index in [1.54, 1.807) is 21.3 Å². The summed E-state index contributed by atoms with van der Waals surface area (Å²) in [5.74, 6) is 1.57. The number of hydrogen-bond donors (Lipinski definition) is 1. The summed E-state index contributed by atoms with van der Waals surface area (Å²) >= 11 is 0. The maximum Gasteiger partial charge on any atom is 0.239 e. The Labute approximate surface area is 171 Å². The lowest BCUT2D eigenvalue weighted by Crippen LogP contribution is -2.34. The fourth-order valence-electron chi connectivity index (χ4n) is 3.21. The molecule has 3 aromatic carbocycles. The maximum atomic E-state index is 12.5. The van der Waals surface area contributed by atoms with Gasteiger partial charge in [-0.25, -0.2) is 0 Å². The second-order valence-corrected chi connectivity index (χ2v) is 6.70. The van der Waals surface area contributed by atoms with E-state index in [0.717, 1.165) is 16.6 Å². The average molecular weight is 394 g/mol. The number of nitrogens with one attached hydrogen (secondary N) is 1. The molecule has 0 fully saturated rings. The second kappa shape index (κ2) is 9.19. The van der Waals surface area contributed by atoms with E-state index >= 15 is 0 Å². The molecule has 0 aromatic heterocycles. The number of methoxy groups -OCH3 is 3. The summed E-state index contributed by atoms with van der Waals surface area (Å²) < 4.78 is 16.0. The highest BCUT2D eigenvalue weighted by Crippen LogP contribution is 2.38. The molecular formula is C23H26N2O4. The van der Waals surface area contributed by atoms with E-state index in [0.29, 0.717) is 23.8 Å². The highest BCUT2D eigenvalue weighted by Gasteiger charge is 2.14. The molecule has 0 aliphatic rings. The fourth-order valence-corrected chi connectivity index (χ4v) is 3.21. The first-order chi connectivity index (χ1) is 14.0. The molecule has 0 radical (unpaired) electrons. The van der Waals surface area contributed by atoms with Crippen LogP contribution in [0, 0.1) is 0 Å². The third-order valence-electron chi connectivity index (χ3n) is 4.77. The van der Waals surface area contributed by atoms with Gasteiger partial charge in [-0.05, 0) is 40.6 Å². The van der Waals surface area contributed by atoms with Crippen molar-refractivity contribution in [3.63, 3.8) is 0 Å². The Morgan fingerprint density at radius 2 is 1.55 bits per heavy atom. The topological polar surface area (TPSA) is 60.0 Å². The number of likely N-dealkylation sites (N-methyl/N-ethyl adjacent to an activating group) is 1. The smallest absolute Gasteiger partial charge is 0.239 e. The minimum Gasteiger partial charge on any atom is -0.493 e. The zero-order chi connectivity index (χ0) is 20.8. The molecule has 6 nitrogen and oxygen atoms in total. The quantitative estimate of drug-likeness (QED) is 0.632. The van der Waals surface area contributed by atoms with Crippen LogP contribution in [0.15, 0.2) is 54.6 Å². The van der Waals surface area contributed by atoms with Gasteiger partial charge in [0.1, 0.15) is 0 Å². The Kier molecular flexibility index (Phi) is 6.44. The number of anilines is 1. The summed E-state index contributed by atoms with van der Waals surface area (Å²) in [6.07, 6.45) is 0. The number of carbonyl (C=O) groups excluding carboxylic acids is 1. The van der Waals surface area contributed by atoms with Crippen molar-refractivity contribution in [2.45, 2.75) is 6.54 Å². The van der Waals surface area contributed by atoms with Crippen LogP contribution in [-0.2, 0) is 11.3 Å². The molecule has 152 valence electrons. The highest BCUT2D eigenvalue weighted by atomic mass is 16.5. The van der Waals surface area contributed by atoms with Crippen LogP contribution in [0.25, 0.3) is 10.8 Å². The van der Waals surface area contributed by atoms with Crippen LogP contribution in [0.3, 0.4) is 0 Å². The number of hydrogen-bond acceptors (Lipinski definition) is 5. The largest absolute Gasteiger partial charge is 0.493 e. The summed E-state index contributed by atoms with van der Waals surface area (Å²) in [4.78, 5) is 14.4. The Morgan fingerprint density at radius 1 is 0.897 bits per heavy atom. The van der Waals surface area contributed by atoms with Crippen molar-refractivity contribution in [3.05, 3.63) is 60.2 Å². The van der Waals surface area contributed by atoms with E-state index in [2.05, 4.69) is 29.6 Å². The van der Waals surface area contributed by atoms with Crippen LogP contribution in [0.2, 0.25) is 0 Å². The predicted molar refractivity (Wildman–Crippen MR) is 115 cm³/mol. The highest BCUT2D eigenvalue weighted by molar-refractivity contribution is 5.87. The fraction of sp³-hybridized carbons (Fsp3) is 0.261. The molecule has 0 atom stereocenters. The molecule has 3 rings (SSSR count). The van der Waals surface area contributed by atoms with Crippen LogP contribution >= 0.6 is 0 Å². The number of rotatable bonds is 8. The summed E-state index contributed by atoms with van der Waals surface area (Å²) in [6.45, 7) is 0.615. The molecule has 29 heavy (non-hydrogen) atoms. The normalized spacial score (nSPS) is 10.5. The zero-order valence-electron chi connectivity index (χ0n) is 17.2. The molecule has 0 saturated carbocycles. The summed E-state index contributed by atoms with van der Waals surface area (Å²) in [5, 5.41) is 5.27. The van der Waals surface area contributed by atoms with Crippen molar-refractivity contribution in [1.82, 2.24) is 5.32 Å². The van der Waals surface area contributed by atoms with Gasteiger partial charge in [-0.1, -0.05) is 30.3 Å². The number of fused-ring (bicyclic) bond motifs is 1. The molecule has 0 aliphatic carbocycles. The summed E-state index contributed by atoms with van der Waals surface area (Å²) in [7, 11) is 6.60. The zero-order valence-corrected chi connectivity index (χ0v) is 17.2. The SMILES string of the molecule is COc1cc(CNC(=O)CN(C)c2ccc3ccccc3c2)cc(OC)c1OC. The number of amides is 1. The lowest BCUT2D eigenvalue weighted by atomic mass is 10.1. The lowest BCUT2D eigenvalue weighted by molar-refractivity contribution is -0.119. The van der Waals surface area contributed by atoms with Gasteiger partial charge >= 0.3 is 0 Å². The minimum absolute atomic E-state index is 0.0746. The molecule has 1 amide bonds. The van der Waals surface area contributed by atoms with Crippen LogP contribution in [0.1, 0.15) is 5.56 Å². The predicted octanol–water partition coefficient (Wildman–Crippen LogP) is 3.62. The second-order valence-electron chi connectivity index (χ2n) is 6.70. The molecule has 0 bridgehead atoms. The van der Waals surface area contributed by atoms with E-state index in [1.165, 1.54) is 5.39 Å². The van der Waals surface area contributed by atoms with Crippen LogP contribution in [0.4, 0.5) is 5.69 Å². The van der Waals surface area contributed by atoms with Crippen LogP contribution < -0.4 is 24.4 Å². The van der Waals surface area contributed by atoms with E-state index in [1.807, 2.05) is 42.3 Å². The van der Waals surface area contributed by atoms with E-state index in [9.17, 15) is 4.79 Å². The molecule has 0 heterocycles. The maximum absolute atomic E-state index is 12.5. The van der Waals surface area contributed by atoms with Crippen molar-refractivity contribution in [1.29, 1.82) is 0 Å². The van der Waals surface area contributed by atoms with Crippen molar-refractivity contribution >= 4 is 22.4 Å². The first-order valence-corrected chi connectivity index (χ1v) is 9.31. The van der Waals surface area contributed by atoms with Crippen LogP contribution in [-0.4, -0.2) is 40.8 Å². The van der Waals surface area contributed by atoms with Crippen molar-refractivity contribution < 1.29 is 19.0 Å².